The van der Waals surface area contributed by atoms with Crippen molar-refractivity contribution in [2.24, 2.45) is 0 Å². The molecule has 2 heterocycles. The van der Waals surface area contributed by atoms with Gasteiger partial charge in [-0.05, 0) is 58.3 Å². The van der Waals surface area contributed by atoms with Crippen molar-refractivity contribution in [1.29, 1.82) is 0 Å². The average molecular weight is 277 g/mol. The van der Waals surface area contributed by atoms with Crippen LogP contribution in [0.15, 0.2) is 18.3 Å². The zero-order valence-corrected chi connectivity index (χ0v) is 13.1. The summed E-state index contributed by atoms with van der Waals surface area (Å²) in [6.07, 6.45) is 5.19. The summed E-state index contributed by atoms with van der Waals surface area (Å²) in [4.78, 5) is 14.6. The highest BCUT2D eigenvalue weighted by Gasteiger charge is 2.29. The van der Waals surface area contributed by atoms with Crippen LogP contribution in [0.1, 0.15) is 56.6 Å². The number of aromatic nitrogens is 1. The second kappa shape index (κ2) is 6.00. The molecule has 0 bridgehead atoms. The SMILES string of the molecule is CCC(C)(C)N(C)C(=O)c1cccn1C1CCNCC1. The minimum absolute atomic E-state index is 0.111. The fourth-order valence-electron chi connectivity index (χ4n) is 2.66. The van der Waals surface area contributed by atoms with Crippen LogP contribution in [0, 0.1) is 0 Å². The van der Waals surface area contributed by atoms with E-state index in [4.69, 9.17) is 0 Å². The Bertz CT molecular complexity index is 458. The van der Waals surface area contributed by atoms with Gasteiger partial charge in [0.2, 0.25) is 0 Å². The number of hydrogen-bond acceptors (Lipinski definition) is 2. The first kappa shape index (κ1) is 15.1. The van der Waals surface area contributed by atoms with Gasteiger partial charge in [0.05, 0.1) is 0 Å². The largest absolute Gasteiger partial charge is 0.340 e. The van der Waals surface area contributed by atoms with E-state index in [0.717, 1.165) is 38.0 Å². The van der Waals surface area contributed by atoms with Gasteiger partial charge in [-0.1, -0.05) is 6.92 Å². The maximum absolute atomic E-state index is 12.8. The molecule has 1 amide bonds. The van der Waals surface area contributed by atoms with E-state index < -0.39 is 0 Å². The first-order valence-corrected chi connectivity index (χ1v) is 7.63. The summed E-state index contributed by atoms with van der Waals surface area (Å²) in [7, 11) is 1.91. The van der Waals surface area contributed by atoms with E-state index in [0.29, 0.717) is 6.04 Å². The Balaban J connectivity index is 2.21. The highest BCUT2D eigenvalue weighted by Crippen LogP contribution is 2.24. The van der Waals surface area contributed by atoms with Crippen LogP contribution in [0.4, 0.5) is 0 Å². The molecule has 1 saturated heterocycles. The van der Waals surface area contributed by atoms with Crippen molar-refractivity contribution < 1.29 is 4.79 Å². The van der Waals surface area contributed by atoms with Crippen LogP contribution in [-0.2, 0) is 0 Å². The Morgan fingerprint density at radius 2 is 2.10 bits per heavy atom. The molecule has 0 aromatic carbocycles. The molecule has 1 N–H and O–H groups in total. The molecule has 0 radical (unpaired) electrons. The van der Waals surface area contributed by atoms with Crippen LogP contribution in [0.25, 0.3) is 0 Å². The van der Waals surface area contributed by atoms with E-state index in [9.17, 15) is 4.79 Å². The molecule has 0 saturated carbocycles. The normalized spacial score (nSPS) is 17.2. The average Bonchev–Trinajstić information content (AvgIpc) is 2.96. The molecule has 2 rings (SSSR count). The molecule has 4 nitrogen and oxygen atoms in total. The van der Waals surface area contributed by atoms with Gasteiger partial charge in [-0.25, -0.2) is 0 Å². The molecule has 1 aliphatic rings. The zero-order valence-electron chi connectivity index (χ0n) is 13.1. The Labute approximate surface area is 122 Å². The van der Waals surface area contributed by atoms with Gasteiger partial charge in [-0.15, -0.1) is 0 Å². The summed E-state index contributed by atoms with van der Waals surface area (Å²) in [6, 6.07) is 4.39. The van der Waals surface area contributed by atoms with Gasteiger partial charge in [0.25, 0.3) is 5.91 Å². The molecular weight excluding hydrogens is 250 g/mol. The molecule has 20 heavy (non-hydrogen) atoms. The fourth-order valence-corrected chi connectivity index (χ4v) is 2.66. The van der Waals surface area contributed by atoms with Crippen molar-refractivity contribution in [1.82, 2.24) is 14.8 Å². The topological polar surface area (TPSA) is 37.3 Å². The van der Waals surface area contributed by atoms with Gasteiger partial charge in [-0.2, -0.15) is 0 Å². The fraction of sp³-hybridized carbons (Fsp3) is 0.688. The van der Waals surface area contributed by atoms with Crippen molar-refractivity contribution in [3.63, 3.8) is 0 Å². The quantitative estimate of drug-likeness (QED) is 0.918. The van der Waals surface area contributed by atoms with Crippen LogP contribution in [0.2, 0.25) is 0 Å². The monoisotopic (exact) mass is 277 g/mol. The Hall–Kier alpha value is -1.29. The Morgan fingerprint density at radius 3 is 2.70 bits per heavy atom. The van der Waals surface area contributed by atoms with Gasteiger partial charge in [0.15, 0.2) is 0 Å². The summed E-state index contributed by atoms with van der Waals surface area (Å²) < 4.78 is 2.17. The number of nitrogens with one attached hydrogen (secondary N) is 1. The number of hydrogen-bond donors (Lipinski definition) is 1. The lowest BCUT2D eigenvalue weighted by atomic mass is 9.99. The number of amides is 1. The first-order valence-electron chi connectivity index (χ1n) is 7.63. The van der Waals surface area contributed by atoms with Gasteiger partial charge >= 0.3 is 0 Å². The summed E-state index contributed by atoms with van der Waals surface area (Å²) >= 11 is 0. The smallest absolute Gasteiger partial charge is 0.270 e. The molecule has 1 aromatic heterocycles. The number of carbonyl (C=O) groups excluding carboxylic acids is 1. The van der Waals surface area contributed by atoms with Gasteiger partial charge in [-0.3, -0.25) is 4.79 Å². The molecule has 112 valence electrons. The van der Waals surface area contributed by atoms with Crippen molar-refractivity contribution in [3.8, 4) is 0 Å². The number of piperidine rings is 1. The maximum Gasteiger partial charge on any atom is 0.270 e. The molecule has 0 atom stereocenters. The van der Waals surface area contributed by atoms with Gasteiger partial charge < -0.3 is 14.8 Å². The van der Waals surface area contributed by atoms with E-state index in [1.165, 1.54) is 0 Å². The second-order valence-corrected chi connectivity index (χ2v) is 6.31. The Kier molecular flexibility index (Phi) is 4.53. The molecule has 0 unspecified atom stereocenters. The maximum atomic E-state index is 12.8. The third kappa shape index (κ3) is 2.90. The van der Waals surface area contributed by atoms with Crippen molar-refractivity contribution in [2.45, 2.75) is 51.6 Å². The second-order valence-electron chi connectivity index (χ2n) is 6.31. The van der Waals surface area contributed by atoms with E-state index in [1.54, 1.807) is 0 Å². The van der Waals surface area contributed by atoms with Gasteiger partial charge in [0, 0.05) is 24.8 Å². The minimum Gasteiger partial charge on any atom is -0.340 e. The molecule has 0 aliphatic carbocycles. The summed E-state index contributed by atoms with van der Waals surface area (Å²) in [5, 5.41) is 3.37. The van der Waals surface area contributed by atoms with E-state index in [-0.39, 0.29) is 11.4 Å². The molecule has 4 heteroatoms. The number of rotatable bonds is 4. The lowest BCUT2D eigenvalue weighted by Gasteiger charge is -2.35. The van der Waals surface area contributed by atoms with E-state index in [1.807, 2.05) is 24.1 Å². The van der Waals surface area contributed by atoms with E-state index >= 15 is 0 Å². The standard InChI is InChI=1S/C16H27N3O/c1-5-16(2,3)18(4)15(20)14-7-6-12-19(14)13-8-10-17-11-9-13/h6-7,12-13,17H,5,8-11H2,1-4H3. The predicted molar refractivity (Wildman–Crippen MR) is 82.0 cm³/mol. The number of carbonyl (C=O) groups is 1. The highest BCUT2D eigenvalue weighted by atomic mass is 16.2. The lowest BCUT2D eigenvalue weighted by Crippen LogP contribution is -2.45. The Morgan fingerprint density at radius 1 is 1.45 bits per heavy atom. The van der Waals surface area contributed by atoms with Crippen LogP contribution in [0.3, 0.4) is 0 Å². The van der Waals surface area contributed by atoms with Gasteiger partial charge in [0.1, 0.15) is 5.69 Å². The third-order valence-electron chi connectivity index (χ3n) is 4.78. The van der Waals surface area contributed by atoms with Crippen LogP contribution in [-0.4, -0.2) is 41.1 Å². The summed E-state index contributed by atoms with van der Waals surface area (Å²) in [6.45, 7) is 8.42. The van der Waals surface area contributed by atoms with Crippen molar-refractivity contribution in [2.75, 3.05) is 20.1 Å². The van der Waals surface area contributed by atoms with Crippen molar-refractivity contribution in [3.05, 3.63) is 24.0 Å². The predicted octanol–water partition coefficient (Wildman–Crippen LogP) is 2.67. The van der Waals surface area contributed by atoms with E-state index in [2.05, 4.69) is 36.9 Å². The molecule has 1 fully saturated rings. The minimum atomic E-state index is -0.111. The number of nitrogens with zero attached hydrogens (tertiary/aromatic N) is 2. The zero-order chi connectivity index (χ0) is 14.8. The molecule has 1 aliphatic heterocycles. The summed E-state index contributed by atoms with van der Waals surface area (Å²) in [5.74, 6) is 0.125. The first-order chi connectivity index (χ1) is 9.47. The van der Waals surface area contributed by atoms with Crippen LogP contribution >= 0.6 is 0 Å². The van der Waals surface area contributed by atoms with Crippen LogP contribution < -0.4 is 5.32 Å². The highest BCUT2D eigenvalue weighted by molar-refractivity contribution is 5.93. The molecule has 1 aromatic rings. The van der Waals surface area contributed by atoms with Crippen LogP contribution in [0.5, 0.6) is 0 Å². The summed E-state index contributed by atoms with van der Waals surface area (Å²) in [5.41, 5.74) is 0.709. The third-order valence-corrected chi connectivity index (χ3v) is 4.78. The van der Waals surface area contributed by atoms with Crippen molar-refractivity contribution >= 4 is 5.91 Å². The molecular formula is C16H27N3O. The molecule has 0 spiro atoms. The lowest BCUT2D eigenvalue weighted by molar-refractivity contribution is 0.0605.